The molecule has 0 saturated heterocycles. The maximum atomic E-state index is 11.4. The van der Waals surface area contributed by atoms with E-state index in [2.05, 4.69) is 0 Å². The highest BCUT2D eigenvalue weighted by Gasteiger charge is 2.06. The van der Waals surface area contributed by atoms with Crippen molar-refractivity contribution >= 4 is 5.97 Å². The van der Waals surface area contributed by atoms with Crippen LogP contribution >= 0.6 is 0 Å². The Labute approximate surface area is 105 Å². The molecule has 1 unspecified atom stereocenters. The van der Waals surface area contributed by atoms with Gasteiger partial charge in [0.2, 0.25) is 0 Å². The van der Waals surface area contributed by atoms with E-state index >= 15 is 0 Å². The second-order valence-electron chi connectivity index (χ2n) is 5.06. The Kier molecular flexibility index (Phi) is 7.78. The molecule has 1 aliphatic heterocycles. The van der Waals surface area contributed by atoms with Crippen LogP contribution in [-0.4, -0.2) is 12.1 Å². The monoisotopic (exact) mass is 238 g/mol. The molecule has 2 heteroatoms. The van der Waals surface area contributed by atoms with Gasteiger partial charge in [0.05, 0.1) is 6.10 Å². The van der Waals surface area contributed by atoms with Crippen LogP contribution in [0, 0.1) is 0 Å². The molecule has 0 aromatic rings. The summed E-state index contributed by atoms with van der Waals surface area (Å²) in [6.45, 7) is 1.99. The minimum Gasteiger partial charge on any atom is -0.460 e. The summed E-state index contributed by atoms with van der Waals surface area (Å²) >= 11 is 0. The molecule has 0 aromatic heterocycles. The van der Waals surface area contributed by atoms with E-state index in [0.717, 1.165) is 12.8 Å². The summed E-state index contributed by atoms with van der Waals surface area (Å²) in [5.74, 6) is -0.174. The van der Waals surface area contributed by atoms with E-state index in [0.29, 0.717) is 0 Å². The van der Waals surface area contributed by atoms with Crippen molar-refractivity contribution in [2.24, 2.45) is 0 Å². The third kappa shape index (κ3) is 8.00. The maximum absolute atomic E-state index is 11.4. The average molecular weight is 238 g/mol. The quantitative estimate of drug-likeness (QED) is 0.585. The lowest BCUT2D eigenvalue weighted by molar-refractivity contribution is -0.142. The molecular weight excluding hydrogens is 212 g/mol. The Morgan fingerprint density at radius 3 is 2.29 bits per heavy atom. The number of hydrogen-bond donors (Lipinski definition) is 0. The maximum Gasteiger partial charge on any atom is 0.330 e. The Balaban J connectivity index is 2.31. The molecule has 0 N–H and O–H groups in total. The van der Waals surface area contributed by atoms with Crippen LogP contribution in [0.4, 0.5) is 0 Å². The van der Waals surface area contributed by atoms with Gasteiger partial charge < -0.3 is 4.74 Å². The molecule has 0 fully saturated rings. The minimum absolute atomic E-state index is 0.0669. The Morgan fingerprint density at radius 2 is 1.59 bits per heavy atom. The molecule has 1 rings (SSSR count). The third-order valence-electron chi connectivity index (χ3n) is 3.30. The molecule has 0 radical (unpaired) electrons. The SMILES string of the molecule is CC1CCCCCCCCCC/C=C\C(=O)O1. The molecule has 98 valence electrons. The van der Waals surface area contributed by atoms with Crippen LogP contribution in [-0.2, 0) is 9.53 Å². The van der Waals surface area contributed by atoms with Gasteiger partial charge in [-0.3, -0.25) is 0 Å². The number of rotatable bonds is 0. The topological polar surface area (TPSA) is 26.3 Å². The van der Waals surface area contributed by atoms with E-state index in [-0.39, 0.29) is 12.1 Å². The normalized spacial score (nSPS) is 27.6. The number of carbonyl (C=O) groups is 1. The lowest BCUT2D eigenvalue weighted by atomic mass is 10.1. The molecule has 2 nitrogen and oxygen atoms in total. The van der Waals surface area contributed by atoms with Crippen molar-refractivity contribution < 1.29 is 9.53 Å². The number of allylic oxidation sites excluding steroid dienone is 1. The van der Waals surface area contributed by atoms with Crippen molar-refractivity contribution in [2.45, 2.75) is 77.2 Å². The second-order valence-corrected chi connectivity index (χ2v) is 5.06. The molecule has 1 aliphatic rings. The van der Waals surface area contributed by atoms with Crippen molar-refractivity contribution in [1.82, 2.24) is 0 Å². The van der Waals surface area contributed by atoms with Crippen LogP contribution in [0.1, 0.15) is 71.1 Å². The molecule has 1 heterocycles. The highest BCUT2D eigenvalue weighted by molar-refractivity contribution is 5.81. The standard InChI is InChI=1S/C15H26O2/c1-14-12-10-8-6-4-2-3-5-7-9-11-13-15(16)17-14/h11,13-14H,2-10,12H2,1H3/b13-11-. The van der Waals surface area contributed by atoms with Gasteiger partial charge in [0.15, 0.2) is 0 Å². The van der Waals surface area contributed by atoms with Crippen LogP contribution in [0.5, 0.6) is 0 Å². The second kappa shape index (κ2) is 9.26. The first kappa shape index (κ1) is 14.3. The smallest absolute Gasteiger partial charge is 0.330 e. The van der Waals surface area contributed by atoms with Gasteiger partial charge in [-0.25, -0.2) is 4.79 Å². The minimum atomic E-state index is -0.174. The van der Waals surface area contributed by atoms with Crippen LogP contribution < -0.4 is 0 Å². The van der Waals surface area contributed by atoms with Crippen molar-refractivity contribution in [2.75, 3.05) is 0 Å². The van der Waals surface area contributed by atoms with Gasteiger partial charge in [0, 0.05) is 6.08 Å². The summed E-state index contributed by atoms with van der Waals surface area (Å²) in [7, 11) is 0. The fraction of sp³-hybridized carbons (Fsp3) is 0.800. The van der Waals surface area contributed by atoms with E-state index in [1.807, 2.05) is 13.0 Å². The van der Waals surface area contributed by atoms with E-state index in [1.54, 1.807) is 6.08 Å². The van der Waals surface area contributed by atoms with E-state index in [1.165, 1.54) is 51.4 Å². The number of carbonyl (C=O) groups excluding carboxylic acids is 1. The predicted octanol–water partition coefficient (Wildman–Crippen LogP) is 4.39. The fourth-order valence-electron chi connectivity index (χ4n) is 2.23. The van der Waals surface area contributed by atoms with Crippen molar-refractivity contribution in [1.29, 1.82) is 0 Å². The molecule has 0 aromatic carbocycles. The van der Waals surface area contributed by atoms with Gasteiger partial charge in [-0.2, -0.15) is 0 Å². The third-order valence-corrected chi connectivity index (χ3v) is 3.30. The molecule has 0 saturated carbocycles. The predicted molar refractivity (Wildman–Crippen MR) is 70.9 cm³/mol. The van der Waals surface area contributed by atoms with Crippen molar-refractivity contribution in [3.63, 3.8) is 0 Å². The Hall–Kier alpha value is -0.790. The lowest BCUT2D eigenvalue weighted by Crippen LogP contribution is -2.12. The number of esters is 1. The Morgan fingerprint density at radius 1 is 1.00 bits per heavy atom. The molecule has 0 amide bonds. The highest BCUT2D eigenvalue weighted by Crippen LogP contribution is 2.13. The molecule has 1 atom stereocenters. The summed E-state index contributed by atoms with van der Waals surface area (Å²) in [5.41, 5.74) is 0. The first-order valence-electron chi connectivity index (χ1n) is 7.16. The number of ether oxygens (including phenoxy) is 1. The zero-order chi connectivity index (χ0) is 12.3. The van der Waals surface area contributed by atoms with Crippen LogP contribution in [0.15, 0.2) is 12.2 Å². The number of cyclic esters (lactones) is 1. The summed E-state index contributed by atoms with van der Waals surface area (Å²) in [5, 5.41) is 0. The summed E-state index contributed by atoms with van der Waals surface area (Å²) in [6.07, 6.45) is 16.0. The van der Waals surface area contributed by atoms with Gasteiger partial charge in [-0.15, -0.1) is 0 Å². The molecule has 0 aliphatic carbocycles. The van der Waals surface area contributed by atoms with Crippen LogP contribution in [0.2, 0.25) is 0 Å². The lowest BCUT2D eigenvalue weighted by Gasteiger charge is -2.11. The molecule has 0 spiro atoms. The average Bonchev–Trinajstić information content (AvgIpc) is 2.30. The molecular formula is C15H26O2. The van der Waals surface area contributed by atoms with Gasteiger partial charge >= 0.3 is 5.97 Å². The van der Waals surface area contributed by atoms with Gasteiger partial charge in [0.1, 0.15) is 0 Å². The summed E-state index contributed by atoms with van der Waals surface area (Å²) < 4.78 is 5.30. The van der Waals surface area contributed by atoms with Crippen LogP contribution in [0.3, 0.4) is 0 Å². The summed E-state index contributed by atoms with van der Waals surface area (Å²) in [4.78, 5) is 11.4. The van der Waals surface area contributed by atoms with E-state index < -0.39 is 0 Å². The van der Waals surface area contributed by atoms with Crippen molar-refractivity contribution in [3.05, 3.63) is 12.2 Å². The van der Waals surface area contributed by atoms with E-state index in [4.69, 9.17) is 4.74 Å². The molecule has 17 heavy (non-hydrogen) atoms. The summed E-state index contributed by atoms with van der Waals surface area (Å²) in [6, 6.07) is 0. The first-order chi connectivity index (χ1) is 8.29. The fourth-order valence-corrected chi connectivity index (χ4v) is 2.23. The van der Waals surface area contributed by atoms with E-state index in [9.17, 15) is 4.79 Å². The highest BCUT2D eigenvalue weighted by atomic mass is 16.5. The zero-order valence-corrected chi connectivity index (χ0v) is 11.1. The zero-order valence-electron chi connectivity index (χ0n) is 11.1. The van der Waals surface area contributed by atoms with Crippen LogP contribution in [0.25, 0.3) is 0 Å². The molecule has 0 bridgehead atoms. The largest absolute Gasteiger partial charge is 0.460 e. The van der Waals surface area contributed by atoms with Gasteiger partial charge in [-0.05, 0) is 32.6 Å². The van der Waals surface area contributed by atoms with Crippen molar-refractivity contribution in [3.8, 4) is 0 Å². The number of hydrogen-bond acceptors (Lipinski definition) is 2. The van der Waals surface area contributed by atoms with Gasteiger partial charge in [0.25, 0.3) is 0 Å². The van der Waals surface area contributed by atoms with Gasteiger partial charge in [-0.1, -0.05) is 44.6 Å². The first-order valence-corrected chi connectivity index (χ1v) is 7.16. The Bertz CT molecular complexity index is 233.